The second-order valence-corrected chi connectivity index (χ2v) is 5.87. The van der Waals surface area contributed by atoms with Gasteiger partial charge in [-0.05, 0) is 12.5 Å². The van der Waals surface area contributed by atoms with E-state index < -0.39 is 0 Å². The van der Waals surface area contributed by atoms with Gasteiger partial charge in [-0.1, -0.05) is 30.3 Å². The van der Waals surface area contributed by atoms with Crippen LogP contribution in [0.25, 0.3) is 0 Å². The van der Waals surface area contributed by atoms with Crippen molar-refractivity contribution in [2.75, 3.05) is 31.7 Å². The second kappa shape index (κ2) is 8.77. The van der Waals surface area contributed by atoms with Crippen LogP contribution in [0.1, 0.15) is 17.4 Å². The Morgan fingerprint density at radius 3 is 2.81 bits per heavy atom. The van der Waals surface area contributed by atoms with Crippen molar-refractivity contribution in [1.82, 2.24) is 10.3 Å². The zero-order valence-electron chi connectivity index (χ0n) is 12.7. The summed E-state index contributed by atoms with van der Waals surface area (Å²) in [6.07, 6.45) is 1.97. The van der Waals surface area contributed by atoms with Crippen molar-refractivity contribution in [3.63, 3.8) is 0 Å². The number of ether oxygens (including phenoxy) is 1. The summed E-state index contributed by atoms with van der Waals surface area (Å²) in [5, 5.41) is 4.44. The van der Waals surface area contributed by atoms with Gasteiger partial charge in [-0.2, -0.15) is 0 Å². The molecule has 114 valence electrons. The summed E-state index contributed by atoms with van der Waals surface area (Å²) in [6.45, 7) is 6.48. The molecule has 0 spiro atoms. The smallest absolute Gasteiger partial charge is 0.185 e. The van der Waals surface area contributed by atoms with Crippen molar-refractivity contribution in [1.29, 1.82) is 0 Å². The molecule has 0 radical (unpaired) electrons. The molecule has 1 aromatic heterocycles. The molecule has 0 bridgehead atoms. The lowest BCUT2D eigenvalue weighted by Gasteiger charge is -2.19. The van der Waals surface area contributed by atoms with Crippen LogP contribution >= 0.6 is 11.3 Å². The first-order valence-corrected chi connectivity index (χ1v) is 8.08. The molecule has 4 nitrogen and oxygen atoms in total. The topological polar surface area (TPSA) is 37.4 Å². The Hall–Kier alpha value is -1.43. The first-order valence-electron chi connectivity index (χ1n) is 7.26. The van der Waals surface area contributed by atoms with Crippen molar-refractivity contribution >= 4 is 16.5 Å². The summed E-state index contributed by atoms with van der Waals surface area (Å²) in [7, 11) is 1.72. The van der Waals surface area contributed by atoms with E-state index in [1.807, 2.05) is 12.3 Å². The fourth-order valence-electron chi connectivity index (χ4n) is 2.03. The highest BCUT2D eigenvalue weighted by Gasteiger charge is 2.10. The minimum atomic E-state index is 0.737. The summed E-state index contributed by atoms with van der Waals surface area (Å²) in [4.78, 5) is 8.12. The van der Waals surface area contributed by atoms with Gasteiger partial charge in [-0.15, -0.1) is 11.3 Å². The Kier molecular flexibility index (Phi) is 6.66. The molecule has 0 aliphatic carbocycles. The number of hydrogen-bond donors (Lipinski definition) is 1. The van der Waals surface area contributed by atoms with Crippen LogP contribution in [-0.4, -0.2) is 31.8 Å². The second-order valence-electron chi connectivity index (χ2n) is 4.78. The Morgan fingerprint density at radius 1 is 1.29 bits per heavy atom. The van der Waals surface area contributed by atoms with Crippen LogP contribution in [0, 0.1) is 0 Å². The van der Waals surface area contributed by atoms with Crippen LogP contribution < -0.4 is 10.2 Å². The molecule has 2 rings (SSSR count). The molecule has 5 heteroatoms. The molecule has 0 fully saturated rings. The SMILES string of the molecule is CCN(Cc1ccccc1)c1ncc(CNCCOC)s1. The quantitative estimate of drug-likeness (QED) is 0.723. The number of benzene rings is 1. The van der Waals surface area contributed by atoms with E-state index in [-0.39, 0.29) is 0 Å². The lowest BCUT2D eigenvalue weighted by Crippen LogP contribution is -2.21. The maximum Gasteiger partial charge on any atom is 0.185 e. The van der Waals surface area contributed by atoms with E-state index in [0.29, 0.717) is 0 Å². The van der Waals surface area contributed by atoms with Crippen LogP contribution in [0.15, 0.2) is 36.5 Å². The van der Waals surface area contributed by atoms with E-state index in [2.05, 4.69) is 46.4 Å². The van der Waals surface area contributed by atoms with Crippen molar-refractivity contribution in [2.45, 2.75) is 20.0 Å². The fraction of sp³-hybridized carbons (Fsp3) is 0.438. The number of methoxy groups -OCH3 is 1. The van der Waals surface area contributed by atoms with Crippen LogP contribution in [0.2, 0.25) is 0 Å². The standard InChI is InChI=1S/C16H23N3OS/c1-3-19(13-14-7-5-4-6-8-14)16-18-12-15(21-16)11-17-9-10-20-2/h4-8,12,17H,3,9-11,13H2,1-2H3. The molecule has 0 saturated carbocycles. The third-order valence-electron chi connectivity index (χ3n) is 3.19. The van der Waals surface area contributed by atoms with Gasteiger partial charge in [0, 0.05) is 44.4 Å². The molecule has 1 heterocycles. The maximum absolute atomic E-state index is 5.02. The molecule has 1 aromatic carbocycles. The van der Waals surface area contributed by atoms with Crippen molar-refractivity contribution in [3.8, 4) is 0 Å². The summed E-state index contributed by atoms with van der Waals surface area (Å²) in [6, 6.07) is 10.5. The third kappa shape index (κ3) is 5.12. The zero-order valence-corrected chi connectivity index (χ0v) is 13.5. The van der Waals surface area contributed by atoms with Crippen molar-refractivity contribution < 1.29 is 4.74 Å². The van der Waals surface area contributed by atoms with Gasteiger partial charge in [0.15, 0.2) is 5.13 Å². The van der Waals surface area contributed by atoms with Crippen LogP contribution in [0.5, 0.6) is 0 Å². The molecule has 0 amide bonds. The number of rotatable bonds is 9. The molecule has 1 N–H and O–H groups in total. The highest BCUT2D eigenvalue weighted by molar-refractivity contribution is 7.15. The lowest BCUT2D eigenvalue weighted by atomic mass is 10.2. The number of hydrogen-bond acceptors (Lipinski definition) is 5. The number of anilines is 1. The van der Waals surface area contributed by atoms with E-state index in [4.69, 9.17) is 4.74 Å². The summed E-state index contributed by atoms with van der Waals surface area (Å²) in [5.74, 6) is 0. The highest BCUT2D eigenvalue weighted by Crippen LogP contribution is 2.23. The van der Waals surface area contributed by atoms with E-state index in [1.54, 1.807) is 18.4 Å². The lowest BCUT2D eigenvalue weighted by molar-refractivity contribution is 0.199. The summed E-state index contributed by atoms with van der Waals surface area (Å²) in [5.41, 5.74) is 1.31. The first kappa shape index (κ1) is 15.9. The zero-order chi connectivity index (χ0) is 14.9. The predicted octanol–water partition coefficient (Wildman–Crippen LogP) is 2.91. The van der Waals surface area contributed by atoms with E-state index in [9.17, 15) is 0 Å². The number of thiazole rings is 1. The molecule has 0 aliphatic rings. The molecule has 2 aromatic rings. The van der Waals surface area contributed by atoms with Gasteiger partial charge in [0.25, 0.3) is 0 Å². The Morgan fingerprint density at radius 2 is 2.10 bits per heavy atom. The summed E-state index contributed by atoms with van der Waals surface area (Å²) >= 11 is 1.75. The normalized spacial score (nSPS) is 10.8. The minimum Gasteiger partial charge on any atom is -0.383 e. The first-order chi connectivity index (χ1) is 10.3. The average molecular weight is 305 g/mol. The van der Waals surface area contributed by atoms with Crippen molar-refractivity contribution in [2.24, 2.45) is 0 Å². The number of aromatic nitrogens is 1. The van der Waals surface area contributed by atoms with Crippen LogP contribution in [-0.2, 0) is 17.8 Å². The monoisotopic (exact) mass is 305 g/mol. The average Bonchev–Trinajstić information content (AvgIpc) is 2.99. The molecule has 0 atom stereocenters. The molecule has 0 unspecified atom stereocenters. The van der Waals surface area contributed by atoms with Gasteiger partial charge in [0.1, 0.15) is 0 Å². The predicted molar refractivity (Wildman–Crippen MR) is 88.9 cm³/mol. The molecule has 21 heavy (non-hydrogen) atoms. The van der Waals surface area contributed by atoms with Gasteiger partial charge >= 0.3 is 0 Å². The van der Waals surface area contributed by atoms with E-state index >= 15 is 0 Å². The minimum absolute atomic E-state index is 0.737. The Balaban J connectivity index is 1.91. The number of nitrogens with one attached hydrogen (secondary N) is 1. The Bertz CT molecular complexity index is 515. The van der Waals surface area contributed by atoms with Crippen molar-refractivity contribution in [3.05, 3.63) is 47.0 Å². The largest absolute Gasteiger partial charge is 0.383 e. The molecular formula is C16H23N3OS. The molecule has 0 aliphatic heterocycles. The highest BCUT2D eigenvalue weighted by atomic mass is 32.1. The fourth-order valence-corrected chi connectivity index (χ4v) is 2.97. The van der Waals surface area contributed by atoms with Gasteiger partial charge in [0.05, 0.1) is 6.61 Å². The van der Waals surface area contributed by atoms with Gasteiger partial charge in [0.2, 0.25) is 0 Å². The van der Waals surface area contributed by atoms with Gasteiger partial charge in [-0.3, -0.25) is 0 Å². The Labute approximate surface area is 130 Å². The van der Waals surface area contributed by atoms with E-state index in [1.165, 1.54) is 10.4 Å². The van der Waals surface area contributed by atoms with Gasteiger partial charge in [-0.25, -0.2) is 4.98 Å². The maximum atomic E-state index is 5.02. The summed E-state index contributed by atoms with van der Waals surface area (Å²) < 4.78 is 5.02. The van der Waals surface area contributed by atoms with Crippen LogP contribution in [0.3, 0.4) is 0 Å². The number of nitrogens with zero attached hydrogens (tertiary/aromatic N) is 2. The van der Waals surface area contributed by atoms with E-state index in [0.717, 1.165) is 37.9 Å². The third-order valence-corrected chi connectivity index (χ3v) is 4.25. The van der Waals surface area contributed by atoms with Gasteiger partial charge < -0.3 is 15.0 Å². The molecular weight excluding hydrogens is 282 g/mol. The van der Waals surface area contributed by atoms with Crippen LogP contribution in [0.4, 0.5) is 5.13 Å². The molecule has 0 saturated heterocycles.